The number of halogens is 5. The van der Waals surface area contributed by atoms with Crippen LogP contribution in [0.15, 0.2) is 24.5 Å². The van der Waals surface area contributed by atoms with Crippen molar-refractivity contribution in [2.45, 2.75) is 64.8 Å². The summed E-state index contributed by atoms with van der Waals surface area (Å²) in [6.45, 7) is 5.37. The molecule has 258 valence electrons. The van der Waals surface area contributed by atoms with E-state index in [2.05, 4.69) is 32.1 Å². The fourth-order valence-electron chi connectivity index (χ4n) is 6.12. The number of carboxylic acids is 1. The summed E-state index contributed by atoms with van der Waals surface area (Å²) in [5.41, 5.74) is -0.311. The largest absolute Gasteiger partial charge is 0.481 e. The number of benzene rings is 1. The number of anilines is 3. The third kappa shape index (κ3) is 8.87. The SMILES string of the molecule is C.CC[C@@H]1CCCN1Cc1sc(Nc2ncnc(N3CCN(CCC(=O)O)[C@H](COC)C3)c2F)nc1-c1cc(Cl)cc(C(F)(F)F)c1. The van der Waals surface area contributed by atoms with Crippen LogP contribution in [0.3, 0.4) is 0 Å². The van der Waals surface area contributed by atoms with E-state index >= 15 is 4.39 Å². The molecule has 2 aliphatic heterocycles. The monoisotopic (exact) mass is 701 g/mol. The van der Waals surface area contributed by atoms with Crippen molar-refractivity contribution in [3.05, 3.63) is 45.8 Å². The number of hydrogen-bond acceptors (Lipinski definition) is 10. The summed E-state index contributed by atoms with van der Waals surface area (Å²) >= 11 is 7.37. The molecule has 0 saturated carbocycles. The first-order chi connectivity index (χ1) is 22.0. The minimum absolute atomic E-state index is 0. The third-order valence-electron chi connectivity index (χ3n) is 8.39. The van der Waals surface area contributed by atoms with Gasteiger partial charge in [-0.3, -0.25) is 14.6 Å². The molecule has 16 heteroatoms. The highest BCUT2D eigenvalue weighted by Crippen LogP contribution is 2.40. The molecule has 2 aromatic heterocycles. The fourth-order valence-corrected chi connectivity index (χ4v) is 7.36. The summed E-state index contributed by atoms with van der Waals surface area (Å²) in [6, 6.07) is 3.54. The number of aromatic nitrogens is 3. The molecular weight excluding hydrogens is 662 g/mol. The summed E-state index contributed by atoms with van der Waals surface area (Å²) < 4.78 is 62.4. The molecule has 2 aliphatic rings. The van der Waals surface area contributed by atoms with Gasteiger partial charge in [0.2, 0.25) is 5.82 Å². The molecule has 3 aromatic rings. The van der Waals surface area contributed by atoms with E-state index in [-0.39, 0.29) is 47.2 Å². The van der Waals surface area contributed by atoms with Gasteiger partial charge in [0.25, 0.3) is 0 Å². The lowest BCUT2D eigenvalue weighted by molar-refractivity contribution is -0.138. The lowest BCUT2D eigenvalue weighted by Crippen LogP contribution is -2.55. The van der Waals surface area contributed by atoms with Crippen molar-refractivity contribution in [2.24, 2.45) is 0 Å². The maximum Gasteiger partial charge on any atom is 0.416 e. The van der Waals surface area contributed by atoms with Crippen LogP contribution >= 0.6 is 22.9 Å². The lowest BCUT2D eigenvalue weighted by Gasteiger charge is -2.41. The Labute approximate surface area is 280 Å². The van der Waals surface area contributed by atoms with Gasteiger partial charge in [-0.25, -0.2) is 15.0 Å². The quantitative estimate of drug-likeness (QED) is 0.196. The molecule has 0 bridgehead atoms. The van der Waals surface area contributed by atoms with Crippen LogP contribution in [0, 0.1) is 5.82 Å². The Morgan fingerprint density at radius 1 is 1.17 bits per heavy atom. The highest BCUT2D eigenvalue weighted by atomic mass is 35.5. The molecule has 0 unspecified atom stereocenters. The van der Waals surface area contributed by atoms with Crippen LogP contribution in [-0.4, -0.2) is 94.4 Å². The number of alkyl halides is 3. The molecule has 0 radical (unpaired) electrons. The maximum atomic E-state index is 16.0. The number of methoxy groups -OCH3 is 1. The van der Waals surface area contributed by atoms with E-state index in [4.69, 9.17) is 21.4 Å². The maximum absolute atomic E-state index is 16.0. The zero-order valence-corrected chi connectivity index (χ0v) is 27.1. The first kappa shape index (κ1) is 36.7. The summed E-state index contributed by atoms with van der Waals surface area (Å²) in [7, 11) is 1.55. The molecule has 5 rings (SSSR count). The van der Waals surface area contributed by atoms with Crippen molar-refractivity contribution >= 4 is 45.7 Å². The summed E-state index contributed by atoms with van der Waals surface area (Å²) in [5.74, 6) is -1.65. The number of nitrogens with one attached hydrogen (secondary N) is 1. The highest BCUT2D eigenvalue weighted by molar-refractivity contribution is 7.16. The van der Waals surface area contributed by atoms with Crippen LogP contribution < -0.4 is 10.2 Å². The molecule has 47 heavy (non-hydrogen) atoms. The molecule has 4 heterocycles. The van der Waals surface area contributed by atoms with Crippen molar-refractivity contribution in [1.29, 1.82) is 0 Å². The average molecular weight is 702 g/mol. The molecule has 2 fully saturated rings. The summed E-state index contributed by atoms with van der Waals surface area (Å²) in [6.07, 6.45) is -0.356. The average Bonchev–Trinajstić information content (AvgIpc) is 3.63. The first-order valence-corrected chi connectivity index (χ1v) is 16.2. The minimum Gasteiger partial charge on any atom is -0.481 e. The Morgan fingerprint density at radius 2 is 1.96 bits per heavy atom. The molecule has 10 nitrogen and oxygen atoms in total. The van der Waals surface area contributed by atoms with Crippen molar-refractivity contribution in [1.82, 2.24) is 24.8 Å². The van der Waals surface area contributed by atoms with Gasteiger partial charge in [-0.1, -0.05) is 37.3 Å². The van der Waals surface area contributed by atoms with Crippen LogP contribution in [0.4, 0.5) is 34.3 Å². The Kier molecular flexibility index (Phi) is 12.4. The molecule has 2 N–H and O–H groups in total. The zero-order valence-electron chi connectivity index (χ0n) is 25.5. The van der Waals surface area contributed by atoms with E-state index < -0.39 is 23.5 Å². The van der Waals surface area contributed by atoms with E-state index in [1.54, 1.807) is 12.0 Å². The molecular formula is C31H40ClF4N7O3S. The van der Waals surface area contributed by atoms with Gasteiger partial charge in [-0.2, -0.15) is 17.6 Å². The highest BCUT2D eigenvalue weighted by Gasteiger charge is 2.33. The number of rotatable bonds is 12. The van der Waals surface area contributed by atoms with Crippen molar-refractivity contribution in [3.8, 4) is 11.3 Å². The van der Waals surface area contributed by atoms with Gasteiger partial charge < -0.3 is 20.1 Å². The number of thiazole rings is 1. The molecule has 0 aliphatic carbocycles. The van der Waals surface area contributed by atoms with E-state index in [9.17, 15) is 18.0 Å². The van der Waals surface area contributed by atoms with Crippen LogP contribution in [0.1, 0.15) is 50.5 Å². The third-order valence-corrected chi connectivity index (χ3v) is 9.56. The van der Waals surface area contributed by atoms with E-state index in [1.165, 1.54) is 23.7 Å². The normalized spacial score (nSPS) is 19.2. The Morgan fingerprint density at radius 3 is 2.66 bits per heavy atom. The Balaban J connectivity index is 0.00000500. The second-order valence-electron chi connectivity index (χ2n) is 11.4. The molecule has 1 aromatic carbocycles. The Bertz CT molecular complexity index is 1530. The fraction of sp³-hybridized carbons (Fsp3) is 0.548. The predicted molar refractivity (Wildman–Crippen MR) is 175 cm³/mol. The zero-order chi connectivity index (χ0) is 33.0. The number of piperazine rings is 1. The summed E-state index contributed by atoms with van der Waals surface area (Å²) in [5, 5.41) is 12.3. The van der Waals surface area contributed by atoms with E-state index in [0.29, 0.717) is 51.1 Å². The van der Waals surface area contributed by atoms with Gasteiger partial charge in [-0.15, -0.1) is 0 Å². The second-order valence-corrected chi connectivity index (χ2v) is 12.9. The number of nitrogens with zero attached hydrogens (tertiary/aromatic N) is 6. The topological polar surface area (TPSA) is 107 Å². The number of carbonyl (C=O) groups is 1. The molecule has 0 amide bonds. The number of hydrogen-bond donors (Lipinski definition) is 2. The van der Waals surface area contributed by atoms with Gasteiger partial charge >= 0.3 is 12.1 Å². The smallest absolute Gasteiger partial charge is 0.416 e. The number of aliphatic carboxylic acids is 1. The summed E-state index contributed by atoms with van der Waals surface area (Å²) in [4.78, 5) is 30.9. The Hall–Kier alpha value is -3.11. The number of carboxylic acid groups (broad SMARTS) is 1. The number of ether oxygens (including phenoxy) is 1. The van der Waals surface area contributed by atoms with Gasteiger partial charge in [0, 0.05) is 61.3 Å². The second kappa shape index (κ2) is 15.9. The lowest BCUT2D eigenvalue weighted by atomic mass is 10.1. The van der Waals surface area contributed by atoms with Crippen LogP contribution in [-0.2, 0) is 22.3 Å². The predicted octanol–water partition coefficient (Wildman–Crippen LogP) is 6.78. The van der Waals surface area contributed by atoms with Gasteiger partial charge in [0.15, 0.2) is 16.8 Å². The van der Waals surface area contributed by atoms with Crippen molar-refractivity contribution in [2.75, 3.05) is 56.7 Å². The van der Waals surface area contributed by atoms with Crippen LogP contribution in [0.2, 0.25) is 5.02 Å². The standard InChI is InChI=1S/C30H36ClF4N7O3S.CH4/c1-3-21-5-4-7-41(21)15-23-26(18-11-19(30(33,34)35)13-20(31)12-18)38-29(46-23)39-27-25(32)28(37-17-36-27)42-10-9-40(8-6-24(43)44)22(14-42)16-45-2;/h11-13,17,21-22H,3-10,14-16H2,1-2H3,(H,43,44)(H,36,37,38,39);1H4/t21-,22+;/m1./s1. The first-order valence-electron chi connectivity index (χ1n) is 15.1. The van der Waals surface area contributed by atoms with Crippen LogP contribution in [0.5, 0.6) is 0 Å². The minimum atomic E-state index is -4.59. The molecule has 2 atom stereocenters. The van der Waals surface area contributed by atoms with Crippen molar-refractivity contribution < 1.29 is 32.2 Å². The van der Waals surface area contributed by atoms with Gasteiger partial charge in [-0.05, 0) is 44.0 Å². The van der Waals surface area contributed by atoms with E-state index in [1.807, 2.05) is 4.90 Å². The number of likely N-dealkylation sites (tertiary alicyclic amines) is 1. The van der Waals surface area contributed by atoms with Gasteiger partial charge in [0.1, 0.15) is 6.33 Å². The molecule has 2 saturated heterocycles. The molecule has 0 spiro atoms. The van der Waals surface area contributed by atoms with Crippen LogP contribution in [0.25, 0.3) is 11.3 Å². The van der Waals surface area contributed by atoms with Gasteiger partial charge in [0.05, 0.1) is 30.3 Å². The van der Waals surface area contributed by atoms with Crippen molar-refractivity contribution in [3.63, 3.8) is 0 Å². The van der Waals surface area contributed by atoms with E-state index in [0.717, 1.165) is 42.8 Å².